The van der Waals surface area contributed by atoms with Crippen molar-refractivity contribution in [2.24, 2.45) is 5.41 Å². The number of ether oxygens (including phenoxy) is 1. The Labute approximate surface area is 122 Å². The summed E-state index contributed by atoms with van der Waals surface area (Å²) in [5.74, 6) is 0. The van der Waals surface area contributed by atoms with Gasteiger partial charge in [-0.25, -0.2) is 0 Å². The van der Waals surface area contributed by atoms with Crippen molar-refractivity contribution in [3.05, 3.63) is 24.3 Å². The lowest BCUT2D eigenvalue weighted by molar-refractivity contribution is -0.0882. The Morgan fingerprint density at radius 2 is 1.95 bits per heavy atom. The molecule has 1 unspecified atom stereocenters. The summed E-state index contributed by atoms with van der Waals surface area (Å²) in [5.41, 5.74) is 1.24. The van der Waals surface area contributed by atoms with Crippen LogP contribution in [0.2, 0.25) is 0 Å². The van der Waals surface area contributed by atoms with Crippen LogP contribution in [0.25, 0.3) is 0 Å². The van der Waals surface area contributed by atoms with Gasteiger partial charge in [-0.2, -0.15) is 0 Å². The van der Waals surface area contributed by atoms with E-state index in [0.29, 0.717) is 5.41 Å². The Balaban J connectivity index is 2.26. The normalized spacial score (nSPS) is 22.4. The molecule has 1 saturated carbocycles. The first-order valence-electron chi connectivity index (χ1n) is 7.57. The van der Waals surface area contributed by atoms with Crippen molar-refractivity contribution in [2.75, 3.05) is 13.7 Å². The molecule has 0 aromatic carbocycles. The minimum absolute atomic E-state index is 0.113. The summed E-state index contributed by atoms with van der Waals surface area (Å²) >= 11 is 0. The highest BCUT2D eigenvalue weighted by Crippen LogP contribution is 2.46. The zero-order valence-corrected chi connectivity index (χ0v) is 13.1. The molecule has 1 N–H and O–H groups in total. The highest BCUT2D eigenvalue weighted by molar-refractivity contribution is 5.12. The number of likely N-dealkylation sites (N-methyl/N-ethyl adjacent to an activating group) is 1. The summed E-state index contributed by atoms with van der Waals surface area (Å²) in [6.45, 7) is 7.71. The van der Waals surface area contributed by atoms with E-state index in [1.807, 2.05) is 13.3 Å². The second-order valence-corrected chi connectivity index (χ2v) is 6.55. The van der Waals surface area contributed by atoms with Crippen LogP contribution in [0, 0.1) is 5.41 Å². The summed E-state index contributed by atoms with van der Waals surface area (Å²) in [7, 11) is 1.83. The van der Waals surface area contributed by atoms with Crippen molar-refractivity contribution in [3.8, 4) is 0 Å². The number of methoxy groups -OCH3 is 1. The molecule has 0 saturated heterocycles. The van der Waals surface area contributed by atoms with Crippen molar-refractivity contribution in [2.45, 2.75) is 58.1 Å². The average molecular weight is 277 g/mol. The molecule has 4 nitrogen and oxygen atoms in total. The lowest BCUT2D eigenvalue weighted by Crippen LogP contribution is -2.49. The smallest absolute Gasteiger partial charge is 0.0888 e. The molecule has 1 aromatic rings. The van der Waals surface area contributed by atoms with Gasteiger partial charge in [-0.05, 0) is 37.6 Å². The Bertz CT molecular complexity index is 409. The number of nitrogens with zero attached hydrogens (tertiary/aromatic N) is 2. The Kier molecular flexibility index (Phi) is 4.76. The van der Waals surface area contributed by atoms with Gasteiger partial charge in [0.2, 0.25) is 0 Å². The zero-order chi connectivity index (χ0) is 14.6. The molecule has 0 aliphatic heterocycles. The van der Waals surface area contributed by atoms with Gasteiger partial charge in [0.05, 0.1) is 23.5 Å². The summed E-state index contributed by atoms with van der Waals surface area (Å²) < 4.78 is 6.01. The predicted molar refractivity (Wildman–Crippen MR) is 80.4 cm³/mol. The summed E-state index contributed by atoms with van der Waals surface area (Å²) in [5, 5.41) is 3.56. The predicted octanol–water partition coefficient (Wildman–Crippen LogP) is 3.11. The van der Waals surface area contributed by atoms with Crippen LogP contribution in [0.4, 0.5) is 0 Å². The Hall–Kier alpha value is -1.00. The van der Waals surface area contributed by atoms with E-state index in [0.717, 1.165) is 25.1 Å². The van der Waals surface area contributed by atoms with Gasteiger partial charge >= 0.3 is 0 Å². The molecule has 0 amide bonds. The number of hydrogen-bond acceptors (Lipinski definition) is 4. The maximum Gasteiger partial charge on any atom is 0.0888 e. The molecule has 2 rings (SSSR count). The second-order valence-electron chi connectivity index (χ2n) is 6.55. The van der Waals surface area contributed by atoms with E-state index in [1.165, 1.54) is 12.8 Å². The Morgan fingerprint density at radius 3 is 2.45 bits per heavy atom. The molecule has 1 heterocycles. The van der Waals surface area contributed by atoms with Crippen molar-refractivity contribution < 1.29 is 4.74 Å². The third-order valence-corrected chi connectivity index (χ3v) is 4.67. The topological polar surface area (TPSA) is 47.0 Å². The van der Waals surface area contributed by atoms with Crippen LogP contribution in [0.3, 0.4) is 0 Å². The SMILES string of the molecule is CCNC(c1cnccn1)C1(OC)CCC(C)(C)CC1. The van der Waals surface area contributed by atoms with Crippen LogP contribution in [0.1, 0.15) is 58.2 Å². The quantitative estimate of drug-likeness (QED) is 0.898. The van der Waals surface area contributed by atoms with E-state index < -0.39 is 0 Å². The van der Waals surface area contributed by atoms with Crippen molar-refractivity contribution in [1.82, 2.24) is 15.3 Å². The molecular weight excluding hydrogens is 250 g/mol. The first-order chi connectivity index (χ1) is 9.53. The molecule has 1 fully saturated rings. The first kappa shape index (κ1) is 15.4. The van der Waals surface area contributed by atoms with E-state index in [1.54, 1.807) is 12.4 Å². The van der Waals surface area contributed by atoms with Gasteiger partial charge < -0.3 is 10.1 Å². The van der Waals surface area contributed by atoms with E-state index in [-0.39, 0.29) is 11.6 Å². The van der Waals surface area contributed by atoms with Gasteiger partial charge in [0.25, 0.3) is 0 Å². The molecular formula is C16H27N3O. The zero-order valence-electron chi connectivity index (χ0n) is 13.1. The lowest BCUT2D eigenvalue weighted by atomic mass is 9.68. The number of nitrogens with one attached hydrogen (secondary N) is 1. The fourth-order valence-electron chi connectivity index (χ4n) is 3.18. The van der Waals surface area contributed by atoms with Gasteiger partial charge in [-0.15, -0.1) is 0 Å². The average Bonchev–Trinajstić information content (AvgIpc) is 2.47. The number of rotatable bonds is 5. The van der Waals surface area contributed by atoms with Crippen LogP contribution in [0.15, 0.2) is 18.6 Å². The van der Waals surface area contributed by atoms with Gasteiger partial charge in [-0.3, -0.25) is 9.97 Å². The molecule has 0 spiro atoms. The highest BCUT2D eigenvalue weighted by atomic mass is 16.5. The second kappa shape index (κ2) is 6.19. The van der Waals surface area contributed by atoms with Gasteiger partial charge in [-0.1, -0.05) is 20.8 Å². The molecule has 1 atom stereocenters. The van der Waals surface area contributed by atoms with E-state index >= 15 is 0 Å². The maximum absolute atomic E-state index is 6.01. The number of hydrogen-bond donors (Lipinski definition) is 1. The van der Waals surface area contributed by atoms with E-state index in [2.05, 4.69) is 36.1 Å². The van der Waals surface area contributed by atoms with Crippen molar-refractivity contribution >= 4 is 0 Å². The van der Waals surface area contributed by atoms with E-state index in [4.69, 9.17) is 4.74 Å². The standard InChI is InChI=1S/C16H27N3O/c1-5-18-14(13-12-17-10-11-19-13)16(20-4)8-6-15(2,3)7-9-16/h10-12,14,18H,5-9H2,1-4H3. The maximum atomic E-state index is 6.01. The molecule has 1 aliphatic carbocycles. The minimum Gasteiger partial charge on any atom is -0.376 e. The third kappa shape index (κ3) is 3.18. The molecule has 0 bridgehead atoms. The molecule has 0 radical (unpaired) electrons. The molecule has 20 heavy (non-hydrogen) atoms. The molecule has 4 heteroatoms. The van der Waals surface area contributed by atoms with Crippen molar-refractivity contribution in [3.63, 3.8) is 0 Å². The Morgan fingerprint density at radius 1 is 1.25 bits per heavy atom. The largest absolute Gasteiger partial charge is 0.376 e. The fourth-order valence-corrected chi connectivity index (χ4v) is 3.18. The first-order valence-corrected chi connectivity index (χ1v) is 7.57. The van der Waals surface area contributed by atoms with Gasteiger partial charge in [0, 0.05) is 19.5 Å². The third-order valence-electron chi connectivity index (χ3n) is 4.67. The van der Waals surface area contributed by atoms with Crippen LogP contribution in [-0.4, -0.2) is 29.2 Å². The highest BCUT2D eigenvalue weighted by Gasteiger charge is 2.45. The monoisotopic (exact) mass is 277 g/mol. The summed E-state index contributed by atoms with van der Waals surface area (Å²) in [6.07, 6.45) is 9.82. The number of aromatic nitrogens is 2. The van der Waals surface area contributed by atoms with Gasteiger partial charge in [0.15, 0.2) is 0 Å². The van der Waals surface area contributed by atoms with Crippen LogP contribution >= 0.6 is 0 Å². The lowest BCUT2D eigenvalue weighted by Gasteiger charge is -2.46. The van der Waals surface area contributed by atoms with Crippen LogP contribution in [-0.2, 0) is 4.74 Å². The van der Waals surface area contributed by atoms with Crippen LogP contribution < -0.4 is 5.32 Å². The molecule has 112 valence electrons. The molecule has 1 aromatic heterocycles. The van der Waals surface area contributed by atoms with Gasteiger partial charge in [0.1, 0.15) is 0 Å². The molecule has 1 aliphatic rings. The fraction of sp³-hybridized carbons (Fsp3) is 0.750. The summed E-state index contributed by atoms with van der Waals surface area (Å²) in [6, 6.07) is 0.113. The van der Waals surface area contributed by atoms with Crippen LogP contribution in [0.5, 0.6) is 0 Å². The minimum atomic E-state index is -0.165. The van der Waals surface area contributed by atoms with Crippen molar-refractivity contribution in [1.29, 1.82) is 0 Å². The van der Waals surface area contributed by atoms with E-state index in [9.17, 15) is 0 Å². The summed E-state index contributed by atoms with van der Waals surface area (Å²) in [4.78, 5) is 8.72.